The Balaban J connectivity index is 1.14. The van der Waals surface area contributed by atoms with E-state index in [-0.39, 0.29) is 0 Å². The number of benzene rings is 7. The summed E-state index contributed by atoms with van der Waals surface area (Å²) in [6.45, 7) is 2.05. The molecule has 3 aromatic heterocycles. The number of hydrogen-bond acceptors (Lipinski definition) is 4. The maximum atomic E-state index is 6.12. The second-order valence-electron chi connectivity index (χ2n) is 15.1. The van der Waals surface area contributed by atoms with Crippen molar-refractivity contribution in [3.63, 3.8) is 0 Å². The summed E-state index contributed by atoms with van der Waals surface area (Å²) in [5, 5.41) is 8.88. The molecule has 0 amide bonds. The van der Waals surface area contributed by atoms with E-state index in [4.69, 9.17) is 9.72 Å². The number of methoxy groups -OCH3 is 1. The van der Waals surface area contributed by atoms with E-state index in [9.17, 15) is 0 Å². The number of hydrogen-bond donors (Lipinski definition) is 0. The lowest BCUT2D eigenvalue weighted by Gasteiger charge is -2.19. The van der Waals surface area contributed by atoms with Gasteiger partial charge in [-0.05, 0) is 146 Å². The summed E-state index contributed by atoms with van der Waals surface area (Å²) in [4.78, 5) is 4.69. The standard InChI is InChI=1S/C55H41N5O/c1-38-17-28-54(56-37-38)41-22-27-53(55(36-41)61-2)52-16-8-7-15-51(52)44-34-42(49-13-5-3-11-47(49)39-18-23-45(24-19-39)59-31-9-29-57-59)33-43(35-44)50-14-6-4-12-48(50)40-20-25-46(26-21-40)60-32-10-30-58-60/h3-37H,1-2H3. The maximum Gasteiger partial charge on any atom is 0.127 e. The minimum absolute atomic E-state index is 0.788. The summed E-state index contributed by atoms with van der Waals surface area (Å²) in [6, 6.07) is 64.6. The summed E-state index contributed by atoms with van der Waals surface area (Å²) >= 11 is 0. The van der Waals surface area contributed by atoms with Crippen molar-refractivity contribution in [2.24, 2.45) is 0 Å². The third-order valence-corrected chi connectivity index (χ3v) is 11.2. The highest BCUT2D eigenvalue weighted by Crippen LogP contribution is 2.44. The van der Waals surface area contributed by atoms with Gasteiger partial charge in [-0.2, -0.15) is 10.2 Å². The summed E-state index contributed by atoms with van der Waals surface area (Å²) in [5.41, 5.74) is 18.4. The van der Waals surface area contributed by atoms with Gasteiger partial charge >= 0.3 is 0 Å². The predicted octanol–water partition coefficient (Wildman–Crippen LogP) is 13.4. The fourth-order valence-corrected chi connectivity index (χ4v) is 8.18. The number of pyridine rings is 1. The van der Waals surface area contributed by atoms with Crippen LogP contribution >= 0.6 is 0 Å². The van der Waals surface area contributed by atoms with Crippen LogP contribution in [0.4, 0.5) is 0 Å². The highest BCUT2D eigenvalue weighted by Gasteiger charge is 2.18. The smallest absolute Gasteiger partial charge is 0.127 e. The van der Waals surface area contributed by atoms with Crippen molar-refractivity contribution in [2.45, 2.75) is 6.92 Å². The minimum atomic E-state index is 0.788. The monoisotopic (exact) mass is 787 g/mol. The third kappa shape index (κ3) is 7.43. The molecule has 0 bridgehead atoms. The molecule has 0 radical (unpaired) electrons. The van der Waals surface area contributed by atoms with E-state index < -0.39 is 0 Å². The average molecular weight is 788 g/mol. The molecule has 0 aliphatic heterocycles. The molecule has 0 aliphatic carbocycles. The molecule has 0 N–H and O–H groups in total. The van der Waals surface area contributed by atoms with Crippen LogP contribution in [0.1, 0.15) is 5.56 Å². The van der Waals surface area contributed by atoms with Crippen LogP contribution in [-0.2, 0) is 0 Å². The summed E-state index contributed by atoms with van der Waals surface area (Å²) < 4.78 is 9.88. The van der Waals surface area contributed by atoms with Gasteiger partial charge in [0, 0.05) is 42.1 Å². The second kappa shape index (κ2) is 16.3. The van der Waals surface area contributed by atoms with Crippen LogP contribution in [-0.4, -0.2) is 31.7 Å². The Morgan fingerprint density at radius 1 is 0.393 bits per heavy atom. The van der Waals surface area contributed by atoms with E-state index in [0.717, 1.165) is 101 Å². The molecule has 0 aliphatic rings. The van der Waals surface area contributed by atoms with Crippen molar-refractivity contribution in [3.05, 3.63) is 219 Å². The molecule has 0 saturated heterocycles. The molecule has 7 aromatic carbocycles. The van der Waals surface area contributed by atoms with E-state index in [1.807, 2.05) is 40.1 Å². The quantitative estimate of drug-likeness (QED) is 0.138. The first-order chi connectivity index (χ1) is 30.1. The molecule has 61 heavy (non-hydrogen) atoms. The van der Waals surface area contributed by atoms with Crippen molar-refractivity contribution >= 4 is 0 Å². The minimum Gasteiger partial charge on any atom is -0.496 e. The van der Waals surface area contributed by atoms with Gasteiger partial charge in [-0.25, -0.2) is 9.36 Å². The Kier molecular flexibility index (Phi) is 9.93. The first-order valence-corrected chi connectivity index (χ1v) is 20.4. The van der Waals surface area contributed by atoms with Gasteiger partial charge in [-0.1, -0.05) is 109 Å². The van der Waals surface area contributed by atoms with Gasteiger partial charge in [-0.15, -0.1) is 0 Å². The lowest BCUT2D eigenvalue weighted by molar-refractivity contribution is 0.416. The molecule has 0 saturated carbocycles. The van der Waals surface area contributed by atoms with Gasteiger partial charge in [0.05, 0.1) is 24.2 Å². The Morgan fingerprint density at radius 3 is 1.26 bits per heavy atom. The van der Waals surface area contributed by atoms with Crippen molar-refractivity contribution in [3.8, 4) is 95.1 Å². The van der Waals surface area contributed by atoms with Gasteiger partial charge < -0.3 is 4.74 Å². The Bertz CT molecular complexity index is 2960. The molecule has 10 rings (SSSR count). The van der Waals surface area contributed by atoms with Crippen molar-refractivity contribution < 1.29 is 4.74 Å². The Labute approximate surface area is 355 Å². The van der Waals surface area contributed by atoms with Gasteiger partial charge in [0.15, 0.2) is 0 Å². The summed E-state index contributed by atoms with van der Waals surface area (Å²) in [6.07, 6.45) is 9.43. The fraction of sp³-hybridized carbons (Fsp3) is 0.0364. The predicted molar refractivity (Wildman–Crippen MR) is 248 cm³/mol. The van der Waals surface area contributed by atoms with Gasteiger partial charge in [-0.3, -0.25) is 4.98 Å². The van der Waals surface area contributed by atoms with Gasteiger partial charge in [0.25, 0.3) is 0 Å². The van der Waals surface area contributed by atoms with E-state index in [2.05, 4.69) is 187 Å². The topological polar surface area (TPSA) is 57.8 Å². The molecular formula is C55H41N5O. The SMILES string of the molecule is COc1cc(-c2ccc(C)cn2)ccc1-c1ccccc1-c1cc(-c2ccccc2-c2ccc(-n3cccn3)cc2)cc(-c2ccccc2-c2ccc(-n3cccn3)cc2)c1. The second-order valence-corrected chi connectivity index (χ2v) is 15.1. The molecule has 0 fully saturated rings. The first kappa shape index (κ1) is 37.2. The van der Waals surface area contributed by atoms with Crippen molar-refractivity contribution in [1.82, 2.24) is 24.5 Å². The van der Waals surface area contributed by atoms with E-state index in [1.165, 1.54) is 0 Å². The van der Waals surface area contributed by atoms with Crippen LogP contribution in [0.25, 0.3) is 89.4 Å². The zero-order valence-electron chi connectivity index (χ0n) is 33.9. The van der Waals surface area contributed by atoms with Gasteiger partial charge in [0.1, 0.15) is 5.75 Å². The van der Waals surface area contributed by atoms with E-state index in [0.29, 0.717) is 0 Å². The van der Waals surface area contributed by atoms with Crippen LogP contribution in [0.5, 0.6) is 5.75 Å². The van der Waals surface area contributed by atoms with Crippen molar-refractivity contribution in [2.75, 3.05) is 7.11 Å². The van der Waals surface area contributed by atoms with Crippen LogP contribution in [0.15, 0.2) is 213 Å². The number of aryl methyl sites for hydroxylation is 1. The lowest BCUT2D eigenvalue weighted by Crippen LogP contribution is -1.95. The molecule has 6 heteroatoms. The molecule has 10 aromatic rings. The molecule has 0 spiro atoms. The molecule has 292 valence electrons. The molecular weight excluding hydrogens is 747 g/mol. The highest BCUT2D eigenvalue weighted by atomic mass is 16.5. The number of ether oxygens (including phenoxy) is 1. The number of nitrogens with zero attached hydrogens (tertiary/aromatic N) is 5. The maximum absolute atomic E-state index is 6.12. The summed E-state index contributed by atoms with van der Waals surface area (Å²) in [5.74, 6) is 0.788. The van der Waals surface area contributed by atoms with E-state index in [1.54, 1.807) is 19.5 Å². The average Bonchev–Trinajstić information content (AvgIpc) is 4.09. The lowest BCUT2D eigenvalue weighted by atomic mass is 9.86. The van der Waals surface area contributed by atoms with Gasteiger partial charge in [0.2, 0.25) is 0 Å². The normalized spacial score (nSPS) is 11.1. The number of rotatable bonds is 10. The van der Waals surface area contributed by atoms with E-state index >= 15 is 0 Å². The highest BCUT2D eigenvalue weighted by molar-refractivity contribution is 5.95. The zero-order valence-corrected chi connectivity index (χ0v) is 33.9. The molecule has 3 heterocycles. The largest absolute Gasteiger partial charge is 0.496 e. The van der Waals surface area contributed by atoms with Crippen LogP contribution in [0.3, 0.4) is 0 Å². The fourth-order valence-electron chi connectivity index (χ4n) is 8.18. The molecule has 0 unspecified atom stereocenters. The van der Waals surface area contributed by atoms with Crippen LogP contribution in [0, 0.1) is 6.92 Å². The molecule has 0 atom stereocenters. The number of aromatic nitrogens is 5. The zero-order chi connectivity index (χ0) is 41.1. The van der Waals surface area contributed by atoms with Crippen molar-refractivity contribution in [1.29, 1.82) is 0 Å². The molecule has 6 nitrogen and oxygen atoms in total. The Morgan fingerprint density at radius 2 is 0.836 bits per heavy atom. The third-order valence-electron chi connectivity index (χ3n) is 11.2. The van der Waals surface area contributed by atoms with Crippen LogP contribution < -0.4 is 4.74 Å². The summed E-state index contributed by atoms with van der Waals surface area (Å²) in [7, 11) is 1.74. The van der Waals surface area contributed by atoms with Crippen LogP contribution in [0.2, 0.25) is 0 Å². The first-order valence-electron chi connectivity index (χ1n) is 20.4. The Hall–Kier alpha value is -8.09.